The SMILES string of the molecule is CCOC(=O)C1CCCCN1Cc1cccc(Cl)c1Cl. The van der Waals surface area contributed by atoms with E-state index < -0.39 is 0 Å². The molecule has 20 heavy (non-hydrogen) atoms. The molecular weight excluding hydrogens is 297 g/mol. The molecular formula is C15H19Cl2NO2. The van der Waals surface area contributed by atoms with E-state index in [-0.39, 0.29) is 12.0 Å². The molecule has 0 aromatic heterocycles. The van der Waals surface area contributed by atoms with Crippen molar-refractivity contribution in [2.24, 2.45) is 0 Å². The maximum atomic E-state index is 12.0. The lowest BCUT2D eigenvalue weighted by Gasteiger charge is -2.34. The minimum absolute atomic E-state index is 0.134. The van der Waals surface area contributed by atoms with Gasteiger partial charge < -0.3 is 4.74 Å². The van der Waals surface area contributed by atoms with Gasteiger partial charge in [0.2, 0.25) is 0 Å². The molecule has 0 bridgehead atoms. The van der Waals surface area contributed by atoms with Crippen molar-refractivity contribution in [3.8, 4) is 0 Å². The molecule has 1 heterocycles. The summed E-state index contributed by atoms with van der Waals surface area (Å²) in [6.07, 6.45) is 2.99. The van der Waals surface area contributed by atoms with Crippen LogP contribution in [0.2, 0.25) is 10.0 Å². The van der Waals surface area contributed by atoms with E-state index in [9.17, 15) is 4.79 Å². The molecule has 1 fully saturated rings. The Morgan fingerprint density at radius 1 is 1.40 bits per heavy atom. The summed E-state index contributed by atoms with van der Waals surface area (Å²) in [5, 5.41) is 1.12. The minimum Gasteiger partial charge on any atom is -0.465 e. The molecule has 3 nitrogen and oxygen atoms in total. The lowest BCUT2D eigenvalue weighted by molar-refractivity contribution is -0.151. The molecule has 0 radical (unpaired) electrons. The van der Waals surface area contributed by atoms with Gasteiger partial charge in [-0.2, -0.15) is 0 Å². The predicted octanol–water partition coefficient (Wildman–Crippen LogP) is 3.91. The lowest BCUT2D eigenvalue weighted by atomic mass is 10.0. The van der Waals surface area contributed by atoms with Crippen LogP contribution in [0, 0.1) is 0 Å². The Labute approximate surface area is 129 Å². The first-order valence-corrected chi connectivity index (χ1v) is 7.72. The van der Waals surface area contributed by atoms with Gasteiger partial charge in [0.05, 0.1) is 16.7 Å². The third kappa shape index (κ3) is 3.66. The van der Waals surface area contributed by atoms with E-state index in [1.807, 2.05) is 19.1 Å². The molecule has 0 saturated carbocycles. The Hall–Kier alpha value is -0.770. The number of piperidine rings is 1. The Kier molecular flexibility index (Phi) is 5.70. The summed E-state index contributed by atoms with van der Waals surface area (Å²) in [7, 11) is 0. The number of hydrogen-bond donors (Lipinski definition) is 0. The van der Waals surface area contributed by atoms with Crippen molar-refractivity contribution in [2.45, 2.75) is 38.8 Å². The molecule has 1 atom stereocenters. The molecule has 1 saturated heterocycles. The number of rotatable bonds is 4. The molecule has 1 aliphatic heterocycles. The van der Waals surface area contributed by atoms with E-state index in [1.54, 1.807) is 6.07 Å². The second-order valence-electron chi connectivity index (χ2n) is 4.95. The molecule has 0 spiro atoms. The van der Waals surface area contributed by atoms with Crippen LogP contribution in [0.1, 0.15) is 31.7 Å². The van der Waals surface area contributed by atoms with E-state index >= 15 is 0 Å². The normalized spacial score (nSPS) is 19.9. The topological polar surface area (TPSA) is 29.5 Å². The highest BCUT2D eigenvalue weighted by Crippen LogP contribution is 2.28. The predicted molar refractivity (Wildman–Crippen MR) is 81.1 cm³/mol. The third-order valence-corrected chi connectivity index (χ3v) is 4.44. The molecule has 5 heteroatoms. The van der Waals surface area contributed by atoms with Gasteiger partial charge in [0.15, 0.2) is 0 Å². The number of nitrogens with zero attached hydrogens (tertiary/aromatic N) is 1. The van der Waals surface area contributed by atoms with Gasteiger partial charge in [0, 0.05) is 6.54 Å². The van der Waals surface area contributed by atoms with Crippen molar-refractivity contribution in [3.05, 3.63) is 33.8 Å². The fraction of sp³-hybridized carbons (Fsp3) is 0.533. The monoisotopic (exact) mass is 315 g/mol. The molecule has 1 aromatic carbocycles. The summed E-state index contributed by atoms with van der Waals surface area (Å²) in [5.41, 5.74) is 0.954. The first kappa shape index (κ1) is 15.6. The summed E-state index contributed by atoms with van der Waals surface area (Å²) >= 11 is 12.3. The van der Waals surface area contributed by atoms with E-state index in [2.05, 4.69) is 4.90 Å². The number of hydrogen-bond acceptors (Lipinski definition) is 3. The Morgan fingerprint density at radius 2 is 2.20 bits per heavy atom. The summed E-state index contributed by atoms with van der Waals surface area (Å²) < 4.78 is 5.16. The number of ether oxygens (including phenoxy) is 1. The van der Waals surface area contributed by atoms with Crippen LogP contribution >= 0.6 is 23.2 Å². The summed E-state index contributed by atoms with van der Waals surface area (Å²) in [4.78, 5) is 14.2. The fourth-order valence-corrected chi connectivity index (χ4v) is 2.95. The number of halogens is 2. The first-order chi connectivity index (χ1) is 9.63. The second kappa shape index (κ2) is 7.30. The van der Waals surface area contributed by atoms with Gasteiger partial charge >= 0.3 is 5.97 Å². The van der Waals surface area contributed by atoms with Gasteiger partial charge in [-0.05, 0) is 37.9 Å². The van der Waals surface area contributed by atoms with E-state index in [4.69, 9.17) is 27.9 Å². The molecule has 1 aromatic rings. The highest BCUT2D eigenvalue weighted by Gasteiger charge is 2.30. The molecule has 0 N–H and O–H groups in total. The van der Waals surface area contributed by atoms with Gasteiger partial charge in [-0.1, -0.05) is 41.8 Å². The van der Waals surface area contributed by atoms with Gasteiger partial charge in [0.25, 0.3) is 0 Å². The van der Waals surface area contributed by atoms with Crippen LogP contribution in [-0.4, -0.2) is 30.1 Å². The smallest absolute Gasteiger partial charge is 0.323 e. The van der Waals surface area contributed by atoms with E-state index in [0.717, 1.165) is 31.4 Å². The Balaban J connectivity index is 2.12. The molecule has 2 rings (SSSR count). The van der Waals surface area contributed by atoms with Crippen LogP contribution in [0.5, 0.6) is 0 Å². The van der Waals surface area contributed by atoms with Crippen molar-refractivity contribution >= 4 is 29.2 Å². The van der Waals surface area contributed by atoms with Crippen LogP contribution < -0.4 is 0 Å². The van der Waals surface area contributed by atoms with Crippen LogP contribution in [0.15, 0.2) is 18.2 Å². The number of esters is 1. The van der Waals surface area contributed by atoms with Crippen LogP contribution in [0.25, 0.3) is 0 Å². The quantitative estimate of drug-likeness (QED) is 0.789. The second-order valence-corrected chi connectivity index (χ2v) is 5.73. The third-order valence-electron chi connectivity index (χ3n) is 3.58. The Bertz CT molecular complexity index is 479. The molecule has 0 amide bonds. The highest BCUT2D eigenvalue weighted by molar-refractivity contribution is 6.42. The molecule has 1 aliphatic rings. The van der Waals surface area contributed by atoms with Gasteiger partial charge in [-0.25, -0.2) is 0 Å². The average molecular weight is 316 g/mol. The molecule has 0 aliphatic carbocycles. The Morgan fingerprint density at radius 3 is 2.95 bits per heavy atom. The number of benzene rings is 1. The van der Waals surface area contributed by atoms with Crippen molar-refractivity contribution in [2.75, 3.05) is 13.2 Å². The maximum absolute atomic E-state index is 12.0. The first-order valence-electron chi connectivity index (χ1n) is 6.97. The lowest BCUT2D eigenvalue weighted by Crippen LogP contribution is -2.45. The summed E-state index contributed by atoms with van der Waals surface area (Å²) in [6, 6.07) is 5.43. The molecule has 1 unspecified atom stereocenters. The van der Waals surface area contributed by atoms with Gasteiger partial charge in [-0.15, -0.1) is 0 Å². The maximum Gasteiger partial charge on any atom is 0.323 e. The van der Waals surface area contributed by atoms with Gasteiger partial charge in [0.1, 0.15) is 6.04 Å². The number of carbonyl (C=O) groups is 1. The highest BCUT2D eigenvalue weighted by atomic mass is 35.5. The van der Waals surface area contributed by atoms with Crippen molar-refractivity contribution in [3.63, 3.8) is 0 Å². The number of carbonyl (C=O) groups excluding carboxylic acids is 1. The zero-order chi connectivity index (χ0) is 14.5. The van der Waals surface area contributed by atoms with Crippen LogP contribution in [0.4, 0.5) is 0 Å². The zero-order valence-electron chi connectivity index (χ0n) is 11.6. The largest absolute Gasteiger partial charge is 0.465 e. The standard InChI is InChI=1S/C15H19Cl2NO2/c1-2-20-15(19)13-8-3-4-9-18(13)10-11-6-5-7-12(16)14(11)17/h5-7,13H,2-4,8-10H2,1H3. The fourth-order valence-electron chi connectivity index (χ4n) is 2.57. The van der Waals surface area contributed by atoms with Crippen molar-refractivity contribution in [1.29, 1.82) is 0 Å². The zero-order valence-corrected chi connectivity index (χ0v) is 13.1. The van der Waals surface area contributed by atoms with Crippen molar-refractivity contribution < 1.29 is 9.53 Å². The average Bonchev–Trinajstić information content (AvgIpc) is 2.45. The molecule has 110 valence electrons. The summed E-state index contributed by atoms with van der Waals surface area (Å²) in [6.45, 7) is 3.76. The van der Waals surface area contributed by atoms with Crippen LogP contribution in [0.3, 0.4) is 0 Å². The number of likely N-dealkylation sites (tertiary alicyclic amines) is 1. The van der Waals surface area contributed by atoms with Crippen LogP contribution in [-0.2, 0) is 16.1 Å². The van der Waals surface area contributed by atoms with Gasteiger partial charge in [-0.3, -0.25) is 9.69 Å². The van der Waals surface area contributed by atoms with E-state index in [0.29, 0.717) is 23.2 Å². The summed E-state index contributed by atoms with van der Waals surface area (Å²) in [5.74, 6) is -0.134. The van der Waals surface area contributed by atoms with Crippen molar-refractivity contribution in [1.82, 2.24) is 4.90 Å². The van der Waals surface area contributed by atoms with E-state index in [1.165, 1.54) is 0 Å². The minimum atomic E-state index is -0.168.